The fourth-order valence-electron chi connectivity index (χ4n) is 3.62. The Morgan fingerprint density at radius 1 is 1.10 bits per heavy atom. The lowest BCUT2D eigenvalue weighted by Gasteiger charge is -2.32. The molecule has 150 valence electrons. The van der Waals surface area contributed by atoms with Crippen LogP contribution in [0.25, 0.3) is 10.1 Å². The van der Waals surface area contributed by atoms with Crippen LogP contribution >= 0.6 is 35.2 Å². The summed E-state index contributed by atoms with van der Waals surface area (Å²) in [5.41, 5.74) is 1.34. The first-order valence-electron chi connectivity index (χ1n) is 9.65. The summed E-state index contributed by atoms with van der Waals surface area (Å²) in [4.78, 5) is 15.6. The molecule has 29 heavy (non-hydrogen) atoms. The highest BCUT2D eigenvalue weighted by molar-refractivity contribution is 7.80. The van der Waals surface area contributed by atoms with Crippen LogP contribution in [0.2, 0.25) is 5.02 Å². The molecule has 1 saturated heterocycles. The van der Waals surface area contributed by atoms with Crippen LogP contribution in [0.3, 0.4) is 0 Å². The van der Waals surface area contributed by atoms with Crippen molar-refractivity contribution in [3.05, 3.63) is 70.1 Å². The smallest absolute Gasteiger partial charge is 0.269 e. The van der Waals surface area contributed by atoms with Crippen molar-refractivity contribution < 1.29 is 4.79 Å². The van der Waals surface area contributed by atoms with Crippen LogP contribution < -0.4 is 10.6 Å². The van der Waals surface area contributed by atoms with Gasteiger partial charge in [0, 0.05) is 35.8 Å². The van der Waals surface area contributed by atoms with Crippen molar-refractivity contribution in [3.63, 3.8) is 0 Å². The average Bonchev–Trinajstić information content (AvgIpc) is 3.07. The second kappa shape index (κ2) is 9.22. The van der Waals surface area contributed by atoms with Crippen LogP contribution in [-0.2, 0) is 6.54 Å². The Bertz CT molecular complexity index is 1010. The molecule has 2 heterocycles. The Hall–Kier alpha value is -1.99. The maximum Gasteiger partial charge on any atom is 0.269 e. The molecule has 4 nitrogen and oxygen atoms in total. The van der Waals surface area contributed by atoms with Crippen molar-refractivity contribution in [3.8, 4) is 0 Å². The summed E-state index contributed by atoms with van der Waals surface area (Å²) in [6.45, 7) is 2.98. The minimum absolute atomic E-state index is 0.254. The minimum Gasteiger partial charge on any atom is -0.360 e. The number of carbonyl (C=O) groups is 1. The molecule has 3 aromatic rings. The normalized spacial score (nSPS) is 15.3. The lowest BCUT2D eigenvalue weighted by molar-refractivity contribution is 0.0980. The monoisotopic (exact) mass is 443 g/mol. The third-order valence-corrected chi connectivity index (χ3v) is 7.03. The summed E-state index contributed by atoms with van der Waals surface area (Å²) in [7, 11) is 0. The van der Waals surface area contributed by atoms with Gasteiger partial charge in [0.15, 0.2) is 5.11 Å². The zero-order chi connectivity index (χ0) is 20.2. The first-order chi connectivity index (χ1) is 14.1. The molecule has 0 aliphatic carbocycles. The number of hydrogen-bond donors (Lipinski definition) is 2. The average molecular weight is 444 g/mol. The Morgan fingerprint density at radius 2 is 1.79 bits per heavy atom. The van der Waals surface area contributed by atoms with Gasteiger partial charge in [-0.1, -0.05) is 60.1 Å². The molecule has 4 rings (SSSR count). The summed E-state index contributed by atoms with van der Waals surface area (Å²) < 4.78 is 0.993. The van der Waals surface area contributed by atoms with Crippen LogP contribution in [-0.4, -0.2) is 35.1 Å². The van der Waals surface area contributed by atoms with Gasteiger partial charge in [0.05, 0.1) is 5.02 Å². The van der Waals surface area contributed by atoms with Crippen molar-refractivity contribution in [2.75, 3.05) is 13.1 Å². The Kier molecular flexibility index (Phi) is 6.45. The Morgan fingerprint density at radius 3 is 2.52 bits per heavy atom. The van der Waals surface area contributed by atoms with Gasteiger partial charge >= 0.3 is 0 Å². The number of thiocarbonyl (C=S) groups is 1. The molecule has 1 aliphatic heterocycles. The predicted molar refractivity (Wildman–Crippen MR) is 125 cm³/mol. The van der Waals surface area contributed by atoms with Crippen molar-refractivity contribution >= 4 is 56.3 Å². The molecule has 1 amide bonds. The standard InChI is InChI=1S/C22H22ClN3OS2/c23-19-17-8-4-5-9-18(17)29-20(19)21(27)25-22(28)24-16-10-12-26(13-11-16)14-15-6-2-1-3-7-15/h1-9,16H,10-14H2,(H2,24,25,27,28). The van der Waals surface area contributed by atoms with E-state index in [1.807, 2.05) is 30.3 Å². The molecule has 0 spiro atoms. The van der Waals surface area contributed by atoms with Gasteiger partial charge in [-0.05, 0) is 36.7 Å². The van der Waals surface area contributed by atoms with E-state index in [2.05, 4.69) is 39.8 Å². The maximum absolute atomic E-state index is 12.6. The minimum atomic E-state index is -0.254. The van der Waals surface area contributed by atoms with Gasteiger partial charge in [-0.3, -0.25) is 15.0 Å². The molecular weight excluding hydrogens is 422 g/mol. The summed E-state index contributed by atoms with van der Waals surface area (Å²) >= 11 is 13.1. The van der Waals surface area contributed by atoms with Crippen molar-refractivity contribution in [2.45, 2.75) is 25.4 Å². The molecule has 2 aromatic carbocycles. The molecule has 1 fully saturated rings. The van der Waals surface area contributed by atoms with Gasteiger partial charge in [0.1, 0.15) is 4.88 Å². The number of thiophene rings is 1. The lowest BCUT2D eigenvalue weighted by atomic mass is 10.0. The first kappa shape index (κ1) is 20.3. The van der Waals surface area contributed by atoms with E-state index >= 15 is 0 Å². The van der Waals surface area contributed by atoms with Crippen molar-refractivity contribution in [1.29, 1.82) is 0 Å². The SMILES string of the molecule is O=C(NC(=S)NC1CCN(Cc2ccccc2)CC1)c1sc2ccccc2c1Cl. The lowest BCUT2D eigenvalue weighted by Crippen LogP contribution is -2.48. The van der Waals surface area contributed by atoms with Gasteiger partial charge in [0.25, 0.3) is 5.91 Å². The maximum atomic E-state index is 12.6. The number of benzene rings is 2. The van der Waals surface area contributed by atoms with Gasteiger partial charge in [-0.15, -0.1) is 11.3 Å². The quantitative estimate of drug-likeness (QED) is 0.567. The number of nitrogens with zero attached hydrogens (tertiary/aromatic N) is 1. The Labute approximate surface area is 184 Å². The highest BCUT2D eigenvalue weighted by Crippen LogP contribution is 2.34. The Balaban J connectivity index is 1.27. The zero-order valence-electron chi connectivity index (χ0n) is 15.9. The third-order valence-electron chi connectivity index (χ3n) is 5.14. The molecule has 0 unspecified atom stereocenters. The highest BCUT2D eigenvalue weighted by Gasteiger charge is 2.22. The zero-order valence-corrected chi connectivity index (χ0v) is 18.2. The van der Waals surface area contributed by atoms with Crippen LogP contribution in [0, 0.1) is 0 Å². The molecule has 1 aliphatic rings. The summed E-state index contributed by atoms with van der Waals surface area (Å²) in [6, 6.07) is 18.5. The van der Waals surface area contributed by atoms with E-state index in [0.29, 0.717) is 15.0 Å². The third kappa shape index (κ3) is 4.95. The number of fused-ring (bicyclic) bond motifs is 1. The molecule has 0 bridgehead atoms. The number of rotatable bonds is 4. The van der Waals surface area contributed by atoms with E-state index in [4.69, 9.17) is 23.8 Å². The summed E-state index contributed by atoms with van der Waals surface area (Å²) in [5.74, 6) is -0.254. The van der Waals surface area contributed by atoms with E-state index in [1.54, 1.807) is 0 Å². The van der Waals surface area contributed by atoms with E-state index in [1.165, 1.54) is 16.9 Å². The van der Waals surface area contributed by atoms with Crippen molar-refractivity contribution in [1.82, 2.24) is 15.5 Å². The second-order valence-corrected chi connectivity index (χ2v) is 9.04. The van der Waals surface area contributed by atoms with E-state index in [9.17, 15) is 4.79 Å². The van der Waals surface area contributed by atoms with E-state index < -0.39 is 0 Å². The van der Waals surface area contributed by atoms with Crippen LogP contribution in [0.4, 0.5) is 0 Å². The fourth-order valence-corrected chi connectivity index (χ4v) is 5.29. The van der Waals surface area contributed by atoms with Gasteiger partial charge in [-0.25, -0.2) is 0 Å². The first-order valence-corrected chi connectivity index (χ1v) is 11.3. The molecule has 2 N–H and O–H groups in total. The van der Waals surface area contributed by atoms with Crippen LogP contribution in [0.1, 0.15) is 28.1 Å². The molecule has 0 saturated carbocycles. The van der Waals surface area contributed by atoms with Gasteiger partial charge in [0.2, 0.25) is 0 Å². The second-order valence-electron chi connectivity index (χ2n) is 7.20. The van der Waals surface area contributed by atoms with Crippen LogP contribution in [0.15, 0.2) is 54.6 Å². The fraction of sp³-hybridized carbons (Fsp3) is 0.273. The number of piperidine rings is 1. The highest BCUT2D eigenvalue weighted by atomic mass is 35.5. The molecule has 7 heteroatoms. The van der Waals surface area contributed by atoms with E-state index in [-0.39, 0.29) is 11.9 Å². The predicted octanol–water partition coefficient (Wildman–Crippen LogP) is 4.82. The number of hydrogen-bond acceptors (Lipinski definition) is 4. The molecule has 0 radical (unpaired) electrons. The summed E-state index contributed by atoms with van der Waals surface area (Å²) in [5, 5.41) is 7.83. The van der Waals surface area contributed by atoms with Gasteiger partial charge < -0.3 is 5.32 Å². The number of carbonyl (C=O) groups excluding carboxylic acids is 1. The summed E-state index contributed by atoms with van der Waals surface area (Å²) in [6.07, 6.45) is 1.99. The largest absolute Gasteiger partial charge is 0.360 e. The molecule has 0 atom stereocenters. The molecular formula is C22H22ClN3OS2. The number of likely N-dealkylation sites (tertiary alicyclic amines) is 1. The van der Waals surface area contributed by atoms with Crippen LogP contribution in [0.5, 0.6) is 0 Å². The number of halogens is 1. The topological polar surface area (TPSA) is 44.4 Å². The molecule has 1 aromatic heterocycles. The van der Waals surface area contributed by atoms with Crippen molar-refractivity contribution in [2.24, 2.45) is 0 Å². The van der Waals surface area contributed by atoms with Gasteiger partial charge in [-0.2, -0.15) is 0 Å². The van der Waals surface area contributed by atoms with E-state index in [0.717, 1.165) is 42.6 Å². The number of nitrogens with one attached hydrogen (secondary N) is 2. The number of amides is 1.